The third-order valence-electron chi connectivity index (χ3n) is 3.16. The average Bonchev–Trinajstić information content (AvgIpc) is 2.58. The number of rotatable bonds is 7. The Labute approximate surface area is 124 Å². The molecular formula is C14H25F3N4. The van der Waals surface area contributed by atoms with E-state index in [1.807, 2.05) is 27.7 Å². The molecule has 1 aromatic rings. The van der Waals surface area contributed by atoms with E-state index in [9.17, 15) is 13.2 Å². The Hall–Kier alpha value is -1.24. The molecule has 0 aliphatic heterocycles. The average molecular weight is 306 g/mol. The summed E-state index contributed by atoms with van der Waals surface area (Å²) in [6.45, 7) is 7.64. The molecule has 4 nitrogen and oxygen atoms in total. The van der Waals surface area contributed by atoms with Crippen LogP contribution in [0.25, 0.3) is 0 Å². The lowest BCUT2D eigenvalue weighted by atomic mass is 10.2. The summed E-state index contributed by atoms with van der Waals surface area (Å²) >= 11 is 0. The molecule has 0 atom stereocenters. The molecule has 0 spiro atoms. The summed E-state index contributed by atoms with van der Waals surface area (Å²) in [4.78, 5) is 1.37. The largest absolute Gasteiger partial charge is 0.405 e. The number of halogens is 3. The zero-order valence-electron chi connectivity index (χ0n) is 13.4. The fourth-order valence-electron chi connectivity index (χ4n) is 2.34. The Kier molecular flexibility index (Phi) is 6.07. The number of anilines is 1. The molecule has 0 aliphatic rings. The summed E-state index contributed by atoms with van der Waals surface area (Å²) < 4.78 is 40.0. The zero-order chi connectivity index (χ0) is 16.2. The van der Waals surface area contributed by atoms with E-state index >= 15 is 0 Å². The SMILES string of the molecule is CCCN(CC(F)(F)F)c1c(CNC(C)C)c(C)nn1C. The van der Waals surface area contributed by atoms with Crippen LogP contribution in [0.15, 0.2) is 0 Å². The molecule has 1 heterocycles. The first-order chi connectivity index (χ1) is 9.65. The summed E-state index contributed by atoms with van der Waals surface area (Å²) in [5.74, 6) is 0.555. The minimum absolute atomic E-state index is 0.264. The molecule has 1 rings (SSSR count). The maximum Gasteiger partial charge on any atom is 0.405 e. The quantitative estimate of drug-likeness (QED) is 0.840. The van der Waals surface area contributed by atoms with Gasteiger partial charge in [-0.15, -0.1) is 0 Å². The Bertz CT molecular complexity index is 452. The van der Waals surface area contributed by atoms with Gasteiger partial charge >= 0.3 is 6.18 Å². The number of aryl methyl sites for hydroxylation is 2. The summed E-state index contributed by atoms with van der Waals surface area (Å²) in [6.07, 6.45) is -3.58. The van der Waals surface area contributed by atoms with Gasteiger partial charge in [0.25, 0.3) is 0 Å². The molecule has 1 aromatic heterocycles. The molecule has 0 fully saturated rings. The van der Waals surface area contributed by atoms with Gasteiger partial charge in [-0.05, 0) is 13.3 Å². The van der Waals surface area contributed by atoms with Gasteiger partial charge in [0.05, 0.1) is 5.69 Å². The molecule has 0 radical (unpaired) electrons. The third-order valence-corrected chi connectivity index (χ3v) is 3.16. The lowest BCUT2D eigenvalue weighted by molar-refractivity contribution is -0.119. The van der Waals surface area contributed by atoms with Crippen LogP contribution in [0.4, 0.5) is 19.0 Å². The number of alkyl halides is 3. The van der Waals surface area contributed by atoms with Crippen molar-refractivity contribution in [1.29, 1.82) is 0 Å². The molecule has 1 N–H and O–H groups in total. The molecule has 0 aromatic carbocycles. The minimum atomic E-state index is -4.23. The van der Waals surface area contributed by atoms with Crippen molar-refractivity contribution < 1.29 is 13.2 Å². The fourth-order valence-corrected chi connectivity index (χ4v) is 2.34. The van der Waals surface area contributed by atoms with Gasteiger partial charge in [0.15, 0.2) is 0 Å². The van der Waals surface area contributed by atoms with Gasteiger partial charge in [0.1, 0.15) is 12.4 Å². The van der Waals surface area contributed by atoms with Crippen molar-refractivity contribution in [3.8, 4) is 0 Å². The van der Waals surface area contributed by atoms with E-state index < -0.39 is 12.7 Å². The van der Waals surface area contributed by atoms with Crippen molar-refractivity contribution >= 4 is 5.82 Å². The smallest absolute Gasteiger partial charge is 0.347 e. The van der Waals surface area contributed by atoms with Gasteiger partial charge in [-0.3, -0.25) is 4.68 Å². The topological polar surface area (TPSA) is 33.1 Å². The van der Waals surface area contributed by atoms with E-state index in [4.69, 9.17) is 0 Å². The van der Waals surface area contributed by atoms with Crippen LogP contribution in [0.5, 0.6) is 0 Å². The first kappa shape index (κ1) is 17.8. The van der Waals surface area contributed by atoms with Crippen LogP contribution >= 0.6 is 0 Å². The second kappa shape index (κ2) is 7.15. The van der Waals surface area contributed by atoms with Crippen LogP contribution in [-0.4, -0.2) is 35.1 Å². The Balaban J connectivity index is 3.11. The van der Waals surface area contributed by atoms with Crippen LogP contribution < -0.4 is 10.2 Å². The first-order valence-electron chi connectivity index (χ1n) is 7.23. The second-order valence-corrected chi connectivity index (χ2v) is 5.58. The van der Waals surface area contributed by atoms with Crippen molar-refractivity contribution in [2.24, 2.45) is 7.05 Å². The molecule has 0 aliphatic carbocycles. The molecule has 0 unspecified atom stereocenters. The Morgan fingerprint density at radius 2 is 1.95 bits per heavy atom. The normalized spacial score (nSPS) is 12.2. The Morgan fingerprint density at radius 3 is 2.43 bits per heavy atom. The lowest BCUT2D eigenvalue weighted by Crippen LogP contribution is -2.37. The van der Waals surface area contributed by atoms with E-state index in [0.717, 1.165) is 11.3 Å². The predicted molar refractivity (Wildman–Crippen MR) is 78.5 cm³/mol. The van der Waals surface area contributed by atoms with Crippen LogP contribution in [0.3, 0.4) is 0 Å². The summed E-state index contributed by atoms with van der Waals surface area (Å²) in [5.41, 5.74) is 1.60. The van der Waals surface area contributed by atoms with Gasteiger partial charge in [0.2, 0.25) is 0 Å². The lowest BCUT2D eigenvalue weighted by Gasteiger charge is -2.27. The maximum atomic E-state index is 12.8. The highest BCUT2D eigenvalue weighted by molar-refractivity contribution is 5.50. The molecule has 21 heavy (non-hydrogen) atoms. The highest BCUT2D eigenvalue weighted by atomic mass is 19.4. The summed E-state index contributed by atoms with van der Waals surface area (Å²) in [5, 5.41) is 7.54. The minimum Gasteiger partial charge on any atom is -0.347 e. The summed E-state index contributed by atoms with van der Waals surface area (Å²) in [6, 6.07) is 0.264. The third kappa shape index (κ3) is 5.22. The van der Waals surface area contributed by atoms with Crippen molar-refractivity contribution in [2.45, 2.75) is 52.9 Å². The highest BCUT2D eigenvalue weighted by Crippen LogP contribution is 2.27. The summed E-state index contributed by atoms with van der Waals surface area (Å²) in [7, 11) is 1.69. The molecule has 0 bridgehead atoms. The van der Waals surface area contributed by atoms with Gasteiger partial charge in [-0.2, -0.15) is 18.3 Å². The number of hydrogen-bond donors (Lipinski definition) is 1. The molecule has 7 heteroatoms. The van der Waals surface area contributed by atoms with Gasteiger partial charge in [-0.1, -0.05) is 20.8 Å². The molecule has 0 saturated heterocycles. The first-order valence-corrected chi connectivity index (χ1v) is 7.23. The van der Waals surface area contributed by atoms with Crippen LogP contribution in [0, 0.1) is 6.92 Å². The standard InChI is InChI=1S/C14H25F3N4/c1-6-7-21(9-14(15,16)17)13-12(8-18-10(2)3)11(4)19-20(13)5/h10,18H,6-9H2,1-5H3. The van der Waals surface area contributed by atoms with Crippen molar-refractivity contribution in [3.63, 3.8) is 0 Å². The van der Waals surface area contributed by atoms with Crippen LogP contribution in [0.2, 0.25) is 0 Å². The van der Waals surface area contributed by atoms with E-state index in [1.165, 1.54) is 4.90 Å². The zero-order valence-corrected chi connectivity index (χ0v) is 13.4. The van der Waals surface area contributed by atoms with Crippen molar-refractivity contribution in [1.82, 2.24) is 15.1 Å². The van der Waals surface area contributed by atoms with E-state index in [-0.39, 0.29) is 6.04 Å². The second-order valence-electron chi connectivity index (χ2n) is 5.58. The van der Waals surface area contributed by atoms with Gasteiger partial charge in [0, 0.05) is 31.7 Å². The highest BCUT2D eigenvalue weighted by Gasteiger charge is 2.33. The fraction of sp³-hybridized carbons (Fsp3) is 0.786. The van der Waals surface area contributed by atoms with Crippen molar-refractivity contribution in [2.75, 3.05) is 18.0 Å². The van der Waals surface area contributed by atoms with E-state index in [0.29, 0.717) is 25.3 Å². The Morgan fingerprint density at radius 1 is 1.33 bits per heavy atom. The monoisotopic (exact) mass is 306 g/mol. The molecule has 0 amide bonds. The maximum absolute atomic E-state index is 12.8. The number of aromatic nitrogens is 2. The van der Waals surface area contributed by atoms with E-state index in [1.54, 1.807) is 11.7 Å². The molecular weight excluding hydrogens is 281 g/mol. The van der Waals surface area contributed by atoms with Crippen molar-refractivity contribution in [3.05, 3.63) is 11.3 Å². The molecule has 122 valence electrons. The number of hydrogen-bond acceptors (Lipinski definition) is 3. The number of nitrogens with one attached hydrogen (secondary N) is 1. The van der Waals surface area contributed by atoms with Crippen LogP contribution in [0.1, 0.15) is 38.4 Å². The van der Waals surface area contributed by atoms with Crippen LogP contribution in [-0.2, 0) is 13.6 Å². The number of nitrogens with zero attached hydrogens (tertiary/aromatic N) is 3. The van der Waals surface area contributed by atoms with Gasteiger partial charge in [-0.25, -0.2) is 0 Å². The van der Waals surface area contributed by atoms with Gasteiger partial charge < -0.3 is 10.2 Å². The van der Waals surface area contributed by atoms with E-state index in [2.05, 4.69) is 10.4 Å². The molecule has 0 saturated carbocycles. The predicted octanol–water partition coefficient (Wildman–Crippen LogP) is 3.01.